The van der Waals surface area contributed by atoms with Gasteiger partial charge in [-0.3, -0.25) is 0 Å². The normalized spacial score (nSPS) is 25.1. The second kappa shape index (κ2) is 5.07. The van der Waals surface area contributed by atoms with Crippen molar-refractivity contribution >= 4 is 5.69 Å². The summed E-state index contributed by atoms with van der Waals surface area (Å²) in [6.07, 6.45) is 1.23. The van der Waals surface area contributed by atoms with Crippen LogP contribution < -0.4 is 10.6 Å². The number of rotatable bonds is 2. The van der Waals surface area contributed by atoms with E-state index in [1.165, 1.54) is 37.3 Å². The number of anilines is 1. The molecule has 0 spiro atoms. The Bertz CT molecular complexity index is 371. The molecular formula is C14H21N3. The van der Waals surface area contributed by atoms with Gasteiger partial charge in [-0.15, -0.1) is 0 Å². The van der Waals surface area contributed by atoms with Crippen molar-refractivity contribution < 1.29 is 0 Å². The highest BCUT2D eigenvalue weighted by Gasteiger charge is 2.21. The standard InChI is InChI=1S/C14H21N3/c1-2-4-14-13(3-1)9-12(10-16-14)11-17-7-5-15-6-8-17/h1-4,12,15-16H,5-11H2. The first-order valence-electron chi connectivity index (χ1n) is 6.66. The van der Waals surface area contributed by atoms with Gasteiger partial charge in [-0.2, -0.15) is 0 Å². The van der Waals surface area contributed by atoms with E-state index in [0.29, 0.717) is 0 Å². The smallest absolute Gasteiger partial charge is 0.0372 e. The lowest BCUT2D eigenvalue weighted by Gasteiger charge is -2.33. The van der Waals surface area contributed by atoms with Crippen molar-refractivity contribution in [3.63, 3.8) is 0 Å². The first-order valence-corrected chi connectivity index (χ1v) is 6.66. The Balaban J connectivity index is 1.60. The van der Waals surface area contributed by atoms with Crippen molar-refractivity contribution in [2.45, 2.75) is 6.42 Å². The number of nitrogens with one attached hydrogen (secondary N) is 2. The number of hydrogen-bond donors (Lipinski definition) is 2. The number of fused-ring (bicyclic) bond motifs is 1. The van der Waals surface area contributed by atoms with Gasteiger partial charge in [0.05, 0.1) is 0 Å². The second-order valence-corrected chi connectivity index (χ2v) is 5.16. The Morgan fingerprint density at radius 2 is 2.00 bits per heavy atom. The Kier molecular flexibility index (Phi) is 3.29. The summed E-state index contributed by atoms with van der Waals surface area (Å²) in [5.74, 6) is 0.767. The lowest BCUT2D eigenvalue weighted by Crippen LogP contribution is -2.46. The summed E-state index contributed by atoms with van der Waals surface area (Å²) in [6.45, 7) is 7.08. The first-order chi connectivity index (χ1) is 8.42. The number of hydrogen-bond acceptors (Lipinski definition) is 3. The summed E-state index contributed by atoms with van der Waals surface area (Å²) < 4.78 is 0. The molecule has 0 radical (unpaired) electrons. The molecule has 2 N–H and O–H groups in total. The zero-order valence-electron chi connectivity index (χ0n) is 10.3. The van der Waals surface area contributed by atoms with Gasteiger partial charge in [-0.25, -0.2) is 0 Å². The molecule has 3 rings (SSSR count). The van der Waals surface area contributed by atoms with Gasteiger partial charge < -0.3 is 15.5 Å². The van der Waals surface area contributed by atoms with Gasteiger partial charge in [-0.05, 0) is 24.0 Å². The zero-order valence-corrected chi connectivity index (χ0v) is 10.3. The van der Waals surface area contributed by atoms with Gasteiger partial charge in [0, 0.05) is 45.0 Å². The predicted octanol–water partition coefficient (Wildman–Crippen LogP) is 1.18. The Morgan fingerprint density at radius 3 is 2.88 bits per heavy atom. The monoisotopic (exact) mass is 231 g/mol. The predicted molar refractivity (Wildman–Crippen MR) is 71.4 cm³/mol. The van der Waals surface area contributed by atoms with Gasteiger partial charge in [0.2, 0.25) is 0 Å². The highest BCUT2D eigenvalue weighted by atomic mass is 15.2. The first kappa shape index (κ1) is 11.1. The molecule has 0 aromatic heterocycles. The molecule has 2 aliphatic rings. The van der Waals surface area contributed by atoms with E-state index < -0.39 is 0 Å². The molecule has 1 unspecified atom stereocenters. The highest BCUT2D eigenvalue weighted by Crippen LogP contribution is 2.24. The van der Waals surface area contributed by atoms with Crippen molar-refractivity contribution in [1.82, 2.24) is 10.2 Å². The second-order valence-electron chi connectivity index (χ2n) is 5.16. The highest BCUT2D eigenvalue weighted by molar-refractivity contribution is 5.53. The zero-order chi connectivity index (χ0) is 11.5. The summed E-state index contributed by atoms with van der Waals surface area (Å²) in [5, 5.41) is 6.97. The van der Waals surface area contributed by atoms with E-state index in [-0.39, 0.29) is 0 Å². The topological polar surface area (TPSA) is 27.3 Å². The maximum Gasteiger partial charge on any atom is 0.0372 e. The third-order valence-electron chi connectivity index (χ3n) is 3.83. The maximum absolute atomic E-state index is 3.56. The molecule has 1 aromatic rings. The largest absolute Gasteiger partial charge is 0.384 e. The van der Waals surface area contributed by atoms with Crippen LogP contribution in [0.5, 0.6) is 0 Å². The summed E-state index contributed by atoms with van der Waals surface area (Å²) in [7, 11) is 0. The number of para-hydroxylation sites is 1. The van der Waals surface area contributed by atoms with E-state index >= 15 is 0 Å². The minimum absolute atomic E-state index is 0.767. The molecule has 92 valence electrons. The minimum atomic E-state index is 0.767. The number of benzene rings is 1. The molecule has 17 heavy (non-hydrogen) atoms. The van der Waals surface area contributed by atoms with Crippen molar-refractivity contribution in [3.8, 4) is 0 Å². The van der Waals surface area contributed by atoms with Crippen LogP contribution in [-0.2, 0) is 6.42 Å². The van der Waals surface area contributed by atoms with E-state index in [1.807, 2.05) is 0 Å². The fourth-order valence-corrected chi connectivity index (χ4v) is 2.90. The third kappa shape index (κ3) is 2.61. The fraction of sp³-hybridized carbons (Fsp3) is 0.571. The molecule has 0 bridgehead atoms. The molecule has 1 atom stereocenters. The Hall–Kier alpha value is -1.06. The summed E-state index contributed by atoms with van der Waals surface area (Å²) >= 11 is 0. The van der Waals surface area contributed by atoms with Gasteiger partial charge >= 0.3 is 0 Å². The fourth-order valence-electron chi connectivity index (χ4n) is 2.90. The third-order valence-corrected chi connectivity index (χ3v) is 3.83. The van der Waals surface area contributed by atoms with Crippen LogP contribution in [0.3, 0.4) is 0 Å². The molecule has 3 nitrogen and oxygen atoms in total. The van der Waals surface area contributed by atoms with E-state index in [2.05, 4.69) is 39.8 Å². The van der Waals surface area contributed by atoms with Crippen molar-refractivity contribution in [2.75, 3.05) is 44.6 Å². The van der Waals surface area contributed by atoms with Crippen LogP contribution in [0.25, 0.3) is 0 Å². The van der Waals surface area contributed by atoms with Crippen LogP contribution in [0, 0.1) is 5.92 Å². The van der Waals surface area contributed by atoms with Gasteiger partial charge in [0.1, 0.15) is 0 Å². The molecule has 2 heterocycles. The molecule has 0 saturated carbocycles. The van der Waals surface area contributed by atoms with Crippen LogP contribution in [0.4, 0.5) is 5.69 Å². The summed E-state index contributed by atoms with van der Waals surface area (Å²) in [6, 6.07) is 8.71. The number of nitrogens with zero attached hydrogens (tertiary/aromatic N) is 1. The minimum Gasteiger partial charge on any atom is -0.384 e. The average molecular weight is 231 g/mol. The van der Waals surface area contributed by atoms with Crippen LogP contribution in [-0.4, -0.2) is 44.2 Å². The molecular weight excluding hydrogens is 210 g/mol. The molecule has 2 aliphatic heterocycles. The van der Waals surface area contributed by atoms with E-state index in [1.54, 1.807) is 0 Å². The quantitative estimate of drug-likeness (QED) is 0.800. The molecule has 1 fully saturated rings. The average Bonchev–Trinajstić information content (AvgIpc) is 2.40. The molecule has 0 amide bonds. The molecule has 3 heteroatoms. The molecule has 0 aliphatic carbocycles. The summed E-state index contributed by atoms with van der Waals surface area (Å²) in [5.41, 5.74) is 2.82. The van der Waals surface area contributed by atoms with Crippen molar-refractivity contribution in [3.05, 3.63) is 29.8 Å². The SMILES string of the molecule is c1ccc2c(c1)CC(CN1CCNCC1)CN2. The van der Waals surface area contributed by atoms with Crippen molar-refractivity contribution in [1.29, 1.82) is 0 Å². The van der Waals surface area contributed by atoms with Gasteiger partial charge in [0.15, 0.2) is 0 Å². The Labute approximate surface area is 103 Å². The molecule has 1 saturated heterocycles. The molecule has 1 aromatic carbocycles. The van der Waals surface area contributed by atoms with Crippen LogP contribution in [0.1, 0.15) is 5.56 Å². The van der Waals surface area contributed by atoms with Crippen LogP contribution in [0.2, 0.25) is 0 Å². The van der Waals surface area contributed by atoms with Crippen molar-refractivity contribution in [2.24, 2.45) is 5.92 Å². The lowest BCUT2D eigenvalue weighted by molar-refractivity contribution is 0.207. The van der Waals surface area contributed by atoms with E-state index in [4.69, 9.17) is 0 Å². The maximum atomic E-state index is 3.56. The van der Waals surface area contributed by atoms with E-state index in [9.17, 15) is 0 Å². The number of piperazine rings is 1. The summed E-state index contributed by atoms with van der Waals surface area (Å²) in [4.78, 5) is 2.59. The Morgan fingerprint density at radius 1 is 1.18 bits per heavy atom. The van der Waals surface area contributed by atoms with Gasteiger partial charge in [-0.1, -0.05) is 18.2 Å². The van der Waals surface area contributed by atoms with Crippen LogP contribution in [0.15, 0.2) is 24.3 Å². The van der Waals surface area contributed by atoms with E-state index in [0.717, 1.165) is 25.6 Å². The van der Waals surface area contributed by atoms with Crippen LogP contribution >= 0.6 is 0 Å². The van der Waals surface area contributed by atoms with Gasteiger partial charge in [0.25, 0.3) is 0 Å². The lowest BCUT2D eigenvalue weighted by atomic mass is 9.93.